The molecule has 0 saturated heterocycles. The van der Waals surface area contributed by atoms with Crippen LogP contribution in [0.2, 0.25) is 10.0 Å². The Morgan fingerprint density at radius 2 is 1.81 bits per heavy atom. The van der Waals surface area contributed by atoms with Crippen molar-refractivity contribution in [3.8, 4) is 0 Å². The highest BCUT2D eigenvalue weighted by atomic mass is 35.5. The first-order valence-electron chi connectivity index (χ1n) is 9.90. The summed E-state index contributed by atoms with van der Waals surface area (Å²) >= 11 is 12.2. The molecule has 0 heterocycles. The van der Waals surface area contributed by atoms with Crippen LogP contribution in [0.5, 0.6) is 0 Å². The van der Waals surface area contributed by atoms with E-state index in [1.54, 1.807) is 37.3 Å². The van der Waals surface area contributed by atoms with E-state index < -0.39 is 16.9 Å². The second-order valence-corrected chi connectivity index (χ2v) is 8.16. The largest absolute Gasteiger partial charge is 0.352 e. The molecule has 166 valence electrons. The summed E-state index contributed by atoms with van der Waals surface area (Å²) < 4.78 is 0. The van der Waals surface area contributed by atoms with Crippen LogP contribution in [0.15, 0.2) is 42.5 Å². The molecule has 0 aliphatic rings. The highest BCUT2D eigenvalue weighted by molar-refractivity contribution is 6.35. The van der Waals surface area contributed by atoms with E-state index in [2.05, 4.69) is 5.32 Å². The number of carbonyl (C=O) groups is 2. The van der Waals surface area contributed by atoms with E-state index in [4.69, 9.17) is 23.2 Å². The second-order valence-electron chi connectivity index (χ2n) is 7.31. The van der Waals surface area contributed by atoms with Crippen molar-refractivity contribution < 1.29 is 14.5 Å². The Balaban J connectivity index is 2.35. The number of amides is 2. The van der Waals surface area contributed by atoms with Crippen LogP contribution < -0.4 is 5.32 Å². The van der Waals surface area contributed by atoms with Gasteiger partial charge in [-0.15, -0.1) is 0 Å². The maximum absolute atomic E-state index is 13.2. The Bertz CT molecular complexity index is 968. The monoisotopic (exact) mass is 465 g/mol. The van der Waals surface area contributed by atoms with Crippen molar-refractivity contribution in [3.63, 3.8) is 0 Å². The Kier molecular flexibility index (Phi) is 8.83. The van der Waals surface area contributed by atoms with Gasteiger partial charge in [0, 0.05) is 34.3 Å². The van der Waals surface area contributed by atoms with Crippen molar-refractivity contribution in [2.24, 2.45) is 0 Å². The summed E-state index contributed by atoms with van der Waals surface area (Å²) in [6, 6.07) is 10.1. The summed E-state index contributed by atoms with van der Waals surface area (Å²) in [6.45, 7) is 5.50. The Morgan fingerprint density at radius 1 is 1.13 bits per heavy atom. The number of carbonyl (C=O) groups excluding carboxylic acids is 2. The van der Waals surface area contributed by atoms with E-state index >= 15 is 0 Å². The fourth-order valence-corrected chi connectivity index (χ4v) is 3.45. The smallest absolute Gasteiger partial charge is 0.273 e. The number of para-hydroxylation sites is 1. The third-order valence-electron chi connectivity index (χ3n) is 5.05. The quantitative estimate of drug-likeness (QED) is 0.426. The van der Waals surface area contributed by atoms with Gasteiger partial charge in [-0.1, -0.05) is 54.4 Å². The van der Waals surface area contributed by atoms with Gasteiger partial charge in [-0.2, -0.15) is 0 Å². The average Bonchev–Trinajstić information content (AvgIpc) is 2.72. The Hall–Kier alpha value is -2.64. The number of nitrogens with zero attached hydrogens (tertiary/aromatic N) is 2. The molecule has 2 aromatic carbocycles. The van der Waals surface area contributed by atoms with Crippen LogP contribution in [0, 0.1) is 10.1 Å². The number of nitro groups is 1. The first kappa shape index (κ1) is 24.6. The molecule has 0 spiro atoms. The predicted octanol–water partition coefficient (Wildman–Crippen LogP) is 4.78. The second kappa shape index (κ2) is 11.1. The normalized spacial score (nSPS) is 12.7. The molecule has 2 aromatic rings. The van der Waals surface area contributed by atoms with Crippen LogP contribution >= 0.6 is 23.2 Å². The lowest BCUT2D eigenvalue weighted by molar-refractivity contribution is -0.385. The average molecular weight is 466 g/mol. The van der Waals surface area contributed by atoms with E-state index in [9.17, 15) is 19.7 Å². The molecule has 0 aliphatic heterocycles. The minimum atomic E-state index is -0.809. The minimum absolute atomic E-state index is 0.0544. The summed E-state index contributed by atoms with van der Waals surface area (Å²) in [5.41, 5.74) is 0.751. The van der Waals surface area contributed by atoms with Crippen LogP contribution in [0.1, 0.15) is 38.3 Å². The number of hydrogen-bond acceptors (Lipinski definition) is 4. The van der Waals surface area contributed by atoms with Gasteiger partial charge in [-0.3, -0.25) is 19.7 Å². The highest BCUT2D eigenvalue weighted by Gasteiger charge is 2.29. The number of nitro benzene ring substituents is 1. The SMILES string of the molecule is CCC(C)NC(=O)C(C)N(Cc1ccc(Cl)cc1Cl)C(=O)Cc1ccccc1[N+](=O)[O-]. The summed E-state index contributed by atoms with van der Waals surface area (Å²) in [4.78, 5) is 38.1. The third kappa shape index (κ3) is 6.67. The Labute approximate surface area is 191 Å². The van der Waals surface area contributed by atoms with Crippen molar-refractivity contribution in [2.75, 3.05) is 0 Å². The maximum Gasteiger partial charge on any atom is 0.273 e. The van der Waals surface area contributed by atoms with Gasteiger partial charge in [-0.05, 0) is 38.0 Å². The molecule has 2 atom stereocenters. The van der Waals surface area contributed by atoms with E-state index in [-0.39, 0.29) is 36.2 Å². The minimum Gasteiger partial charge on any atom is -0.352 e. The predicted molar refractivity (Wildman–Crippen MR) is 121 cm³/mol. The van der Waals surface area contributed by atoms with Crippen molar-refractivity contribution in [1.29, 1.82) is 0 Å². The molecule has 0 aromatic heterocycles. The zero-order chi connectivity index (χ0) is 23.1. The lowest BCUT2D eigenvalue weighted by Gasteiger charge is -2.30. The van der Waals surface area contributed by atoms with Gasteiger partial charge in [0.1, 0.15) is 6.04 Å². The van der Waals surface area contributed by atoms with E-state index in [0.717, 1.165) is 6.42 Å². The molecule has 0 radical (unpaired) electrons. The van der Waals surface area contributed by atoms with E-state index in [1.807, 2.05) is 13.8 Å². The summed E-state index contributed by atoms with van der Waals surface area (Å²) in [5, 5.41) is 15.0. The van der Waals surface area contributed by atoms with Gasteiger partial charge in [0.05, 0.1) is 11.3 Å². The van der Waals surface area contributed by atoms with Gasteiger partial charge in [0.25, 0.3) is 5.69 Å². The molecule has 0 aliphatic carbocycles. The van der Waals surface area contributed by atoms with Crippen molar-refractivity contribution in [3.05, 3.63) is 73.8 Å². The number of nitrogens with one attached hydrogen (secondary N) is 1. The van der Waals surface area contributed by atoms with Crippen molar-refractivity contribution in [2.45, 2.75) is 52.2 Å². The van der Waals surface area contributed by atoms with E-state index in [1.165, 1.54) is 17.0 Å². The molecule has 9 heteroatoms. The number of rotatable bonds is 9. The molecule has 2 rings (SSSR count). The fourth-order valence-electron chi connectivity index (χ4n) is 2.98. The summed E-state index contributed by atoms with van der Waals surface area (Å²) in [7, 11) is 0. The lowest BCUT2D eigenvalue weighted by Crippen LogP contribution is -2.50. The van der Waals surface area contributed by atoms with Crippen LogP contribution in [0.3, 0.4) is 0 Å². The highest BCUT2D eigenvalue weighted by Crippen LogP contribution is 2.25. The molecule has 0 saturated carbocycles. The molecule has 31 heavy (non-hydrogen) atoms. The van der Waals surface area contributed by atoms with Gasteiger partial charge in [0.2, 0.25) is 11.8 Å². The molecular weight excluding hydrogens is 441 g/mol. The molecule has 0 fully saturated rings. The zero-order valence-electron chi connectivity index (χ0n) is 17.6. The summed E-state index contributed by atoms with van der Waals surface area (Å²) in [6.07, 6.45) is 0.523. The molecule has 1 N–H and O–H groups in total. The fraction of sp³-hybridized carbons (Fsp3) is 0.364. The van der Waals surface area contributed by atoms with Crippen molar-refractivity contribution >= 4 is 40.7 Å². The van der Waals surface area contributed by atoms with Crippen LogP contribution in [0.4, 0.5) is 5.69 Å². The van der Waals surface area contributed by atoms with Crippen molar-refractivity contribution in [1.82, 2.24) is 10.2 Å². The first-order valence-corrected chi connectivity index (χ1v) is 10.7. The number of benzene rings is 2. The number of hydrogen-bond donors (Lipinski definition) is 1. The molecule has 2 amide bonds. The first-order chi connectivity index (χ1) is 14.6. The molecule has 0 bridgehead atoms. The molecular formula is C22H25Cl2N3O4. The third-order valence-corrected chi connectivity index (χ3v) is 5.64. The van der Waals surface area contributed by atoms with Crippen LogP contribution in [-0.2, 0) is 22.6 Å². The van der Waals surface area contributed by atoms with Crippen LogP contribution in [-0.4, -0.2) is 33.7 Å². The maximum atomic E-state index is 13.2. The van der Waals surface area contributed by atoms with Gasteiger partial charge in [0.15, 0.2) is 0 Å². The zero-order valence-corrected chi connectivity index (χ0v) is 19.1. The van der Waals surface area contributed by atoms with Gasteiger partial charge < -0.3 is 10.2 Å². The topological polar surface area (TPSA) is 92.6 Å². The van der Waals surface area contributed by atoms with E-state index in [0.29, 0.717) is 15.6 Å². The van der Waals surface area contributed by atoms with Crippen LogP contribution in [0.25, 0.3) is 0 Å². The lowest BCUT2D eigenvalue weighted by atomic mass is 10.1. The van der Waals surface area contributed by atoms with Gasteiger partial charge in [-0.25, -0.2) is 0 Å². The molecule has 2 unspecified atom stereocenters. The van der Waals surface area contributed by atoms with Gasteiger partial charge >= 0.3 is 0 Å². The molecule has 7 nitrogen and oxygen atoms in total. The standard InChI is InChI=1S/C22H25Cl2N3O4/c1-4-14(2)25-22(29)15(3)26(13-17-9-10-18(23)12-19(17)24)21(28)11-16-7-5-6-8-20(16)27(30)31/h5-10,12,14-15H,4,11,13H2,1-3H3,(H,25,29). The Morgan fingerprint density at radius 3 is 2.42 bits per heavy atom. The number of halogens is 2. The summed E-state index contributed by atoms with van der Waals surface area (Å²) in [5.74, 6) is -0.734.